The van der Waals surface area contributed by atoms with Crippen molar-refractivity contribution in [3.8, 4) is 16.3 Å². The van der Waals surface area contributed by atoms with Gasteiger partial charge in [0.1, 0.15) is 0 Å². The van der Waals surface area contributed by atoms with Crippen molar-refractivity contribution >= 4 is 38.9 Å². The number of hydrogen-bond acceptors (Lipinski definition) is 5. The second-order valence-electron chi connectivity index (χ2n) is 8.32. The highest BCUT2D eigenvalue weighted by Gasteiger charge is 2.24. The molecule has 0 spiro atoms. The molecule has 0 amide bonds. The van der Waals surface area contributed by atoms with Gasteiger partial charge in [0.2, 0.25) is 0 Å². The second-order valence-corrected chi connectivity index (χ2v) is 11.2. The van der Waals surface area contributed by atoms with Crippen LogP contribution in [0.3, 0.4) is 0 Å². The molecule has 6 nitrogen and oxygen atoms in total. The third-order valence-corrected chi connectivity index (χ3v) is 7.82. The molecule has 2 aromatic heterocycles. The van der Waals surface area contributed by atoms with E-state index in [0.717, 1.165) is 38.5 Å². The third kappa shape index (κ3) is 6.01. The molecule has 2 aromatic carbocycles. The van der Waals surface area contributed by atoms with Gasteiger partial charge in [-0.2, -0.15) is 5.10 Å². The van der Waals surface area contributed by atoms with Crippen molar-refractivity contribution in [1.29, 1.82) is 0 Å². The second kappa shape index (κ2) is 11.9. The van der Waals surface area contributed by atoms with Crippen LogP contribution in [0.25, 0.3) is 16.3 Å². The molecule has 0 saturated heterocycles. The number of benzene rings is 2. The molecule has 0 radical (unpaired) electrons. The summed E-state index contributed by atoms with van der Waals surface area (Å²) in [5.74, 6) is 0. The molecule has 5 rings (SSSR count). The Bertz CT molecular complexity index is 1290. The molecular weight excluding hydrogens is 548 g/mol. The quantitative estimate of drug-likeness (QED) is 0.189. The van der Waals surface area contributed by atoms with E-state index < -0.39 is 6.04 Å². The van der Waals surface area contributed by atoms with Crippen molar-refractivity contribution in [2.75, 3.05) is 6.61 Å². The zero-order valence-electron chi connectivity index (χ0n) is 19.2. The van der Waals surface area contributed by atoms with E-state index in [1.54, 1.807) is 11.3 Å². The van der Waals surface area contributed by atoms with Crippen LogP contribution in [0.2, 0.25) is 5.02 Å². The summed E-state index contributed by atoms with van der Waals surface area (Å²) < 4.78 is 3.19. The maximum absolute atomic E-state index is 9.88. The SMILES string of the molecule is Cc1ccc(-n2nc3c(c2-c2ccc(Br)s2)CCCC3)c(Cl)c1.O=NN[C@@H](CO)c1ccccc1. The first-order valence-corrected chi connectivity index (χ1v) is 13.4. The molecule has 1 aliphatic rings. The summed E-state index contributed by atoms with van der Waals surface area (Å²) in [6.45, 7) is 1.91. The summed E-state index contributed by atoms with van der Waals surface area (Å²) in [5, 5.41) is 17.0. The van der Waals surface area contributed by atoms with Crippen LogP contribution >= 0.6 is 38.9 Å². The van der Waals surface area contributed by atoms with Crippen molar-refractivity contribution < 1.29 is 5.11 Å². The molecule has 0 aliphatic heterocycles. The summed E-state index contributed by atoms with van der Waals surface area (Å²) in [6, 6.07) is 19.2. The van der Waals surface area contributed by atoms with Gasteiger partial charge in [-0.1, -0.05) is 48.0 Å². The summed E-state index contributed by atoms with van der Waals surface area (Å²) >= 11 is 11.9. The summed E-state index contributed by atoms with van der Waals surface area (Å²) in [7, 11) is 0. The van der Waals surface area contributed by atoms with Crippen molar-refractivity contribution in [2.24, 2.45) is 5.29 Å². The highest BCUT2D eigenvalue weighted by molar-refractivity contribution is 9.11. The maximum Gasteiger partial charge on any atom is 0.0952 e. The largest absolute Gasteiger partial charge is 0.394 e. The number of thiophene rings is 1. The molecule has 2 heterocycles. The van der Waals surface area contributed by atoms with Gasteiger partial charge in [0, 0.05) is 5.56 Å². The number of rotatable bonds is 6. The smallest absolute Gasteiger partial charge is 0.0952 e. The fourth-order valence-electron chi connectivity index (χ4n) is 4.18. The minimum atomic E-state index is -0.399. The fraction of sp³-hybridized carbons (Fsp3) is 0.269. The van der Waals surface area contributed by atoms with E-state index in [0.29, 0.717) is 0 Å². The van der Waals surface area contributed by atoms with Crippen LogP contribution in [0.1, 0.15) is 41.3 Å². The van der Waals surface area contributed by atoms with Crippen LogP contribution in [0, 0.1) is 11.8 Å². The van der Waals surface area contributed by atoms with E-state index in [9.17, 15) is 4.91 Å². The molecule has 1 atom stereocenters. The first kappa shape index (κ1) is 25.6. The molecule has 2 N–H and O–H groups in total. The van der Waals surface area contributed by atoms with Gasteiger partial charge in [-0.15, -0.1) is 16.2 Å². The monoisotopic (exact) mass is 572 g/mol. The van der Waals surface area contributed by atoms with Crippen molar-refractivity contribution in [1.82, 2.24) is 15.2 Å². The van der Waals surface area contributed by atoms with E-state index in [1.807, 2.05) is 36.4 Å². The third-order valence-electron chi connectivity index (χ3n) is 5.89. The lowest BCUT2D eigenvalue weighted by Gasteiger charge is -2.12. The Morgan fingerprint density at radius 1 is 1.17 bits per heavy atom. The van der Waals surface area contributed by atoms with Gasteiger partial charge in [-0.3, -0.25) is 5.43 Å². The van der Waals surface area contributed by atoms with E-state index in [1.165, 1.54) is 34.7 Å². The number of nitroso groups, excluding NO2 is 1. The molecule has 35 heavy (non-hydrogen) atoms. The Morgan fingerprint density at radius 2 is 1.94 bits per heavy atom. The summed E-state index contributed by atoms with van der Waals surface area (Å²) in [5.41, 5.74) is 9.07. The van der Waals surface area contributed by atoms with Gasteiger partial charge in [-0.25, -0.2) is 4.68 Å². The molecule has 9 heteroatoms. The van der Waals surface area contributed by atoms with Crippen LogP contribution < -0.4 is 5.43 Å². The Hall–Kier alpha value is -2.52. The average molecular weight is 574 g/mol. The summed E-state index contributed by atoms with van der Waals surface area (Å²) in [4.78, 5) is 11.1. The van der Waals surface area contributed by atoms with Crippen molar-refractivity contribution in [2.45, 2.75) is 38.6 Å². The number of aryl methyl sites for hydroxylation is 2. The predicted molar refractivity (Wildman–Crippen MR) is 146 cm³/mol. The maximum atomic E-state index is 9.88. The Labute approximate surface area is 222 Å². The number of halogens is 2. The van der Waals surface area contributed by atoms with Crippen LogP contribution in [-0.2, 0) is 12.8 Å². The minimum absolute atomic E-state index is 0.143. The number of aromatic nitrogens is 2. The van der Waals surface area contributed by atoms with Crippen molar-refractivity contribution in [3.63, 3.8) is 0 Å². The van der Waals surface area contributed by atoms with Crippen LogP contribution in [0.4, 0.5) is 0 Å². The minimum Gasteiger partial charge on any atom is -0.394 e. The van der Waals surface area contributed by atoms with Gasteiger partial charge >= 0.3 is 0 Å². The Kier molecular flexibility index (Phi) is 8.73. The van der Waals surface area contributed by atoms with Gasteiger partial charge in [0.25, 0.3) is 0 Å². The standard InChI is InChI=1S/C18H16BrClN2S.C8H10N2O2/c1-11-6-7-15(13(20)10-11)22-18(16-8-9-17(19)23-16)12-4-2-3-5-14(12)21-22;11-6-8(9-10-12)7-4-2-1-3-5-7/h6-10H,2-5H2,1H3;1-5,8,11H,6H2,(H,9,12)/t;8-/m.0/s1. The normalized spacial score (nSPS) is 13.4. The zero-order valence-corrected chi connectivity index (χ0v) is 22.4. The van der Waals surface area contributed by atoms with E-state index in [-0.39, 0.29) is 6.61 Å². The van der Waals surface area contributed by atoms with Gasteiger partial charge < -0.3 is 5.11 Å². The highest BCUT2D eigenvalue weighted by atomic mass is 79.9. The van der Waals surface area contributed by atoms with Crippen molar-refractivity contribution in [3.05, 3.63) is 96.8 Å². The molecule has 1 aliphatic carbocycles. The molecule has 4 aromatic rings. The van der Waals surface area contributed by atoms with Gasteiger partial charge in [0.15, 0.2) is 0 Å². The molecular formula is C26H26BrClN4O2S. The first-order valence-electron chi connectivity index (χ1n) is 11.4. The molecule has 0 bridgehead atoms. The van der Waals surface area contributed by atoms with Gasteiger partial charge in [0.05, 0.1) is 48.7 Å². The number of aliphatic hydroxyl groups excluding tert-OH is 1. The van der Waals surface area contributed by atoms with Gasteiger partial charge in [-0.05, 0) is 83.9 Å². The zero-order chi connectivity index (χ0) is 24.8. The predicted octanol–water partition coefficient (Wildman–Crippen LogP) is 7.19. The topological polar surface area (TPSA) is 79.5 Å². The molecule has 0 saturated carbocycles. The average Bonchev–Trinajstić information content (AvgIpc) is 3.46. The van der Waals surface area contributed by atoms with Crippen LogP contribution in [-0.4, -0.2) is 21.5 Å². The van der Waals surface area contributed by atoms with Crippen LogP contribution in [0.5, 0.6) is 0 Å². The lowest BCUT2D eigenvalue weighted by molar-refractivity contribution is 0.246. The number of aliphatic hydroxyl groups is 1. The number of fused-ring (bicyclic) bond motifs is 1. The molecule has 0 unspecified atom stereocenters. The molecule has 182 valence electrons. The van der Waals surface area contributed by atoms with E-state index in [4.69, 9.17) is 21.8 Å². The Morgan fingerprint density at radius 3 is 2.60 bits per heavy atom. The highest BCUT2D eigenvalue weighted by Crippen LogP contribution is 2.39. The number of nitrogens with zero attached hydrogens (tertiary/aromatic N) is 3. The van der Waals surface area contributed by atoms with E-state index >= 15 is 0 Å². The lowest BCUT2D eigenvalue weighted by atomic mass is 9.95. The van der Waals surface area contributed by atoms with E-state index in [2.05, 4.69) is 62.5 Å². The lowest BCUT2D eigenvalue weighted by Crippen LogP contribution is -2.18. The number of hydrogen-bond donors (Lipinski definition) is 2. The Balaban J connectivity index is 0.000000204. The summed E-state index contributed by atoms with van der Waals surface area (Å²) in [6.07, 6.45) is 4.62. The number of nitrogens with one attached hydrogen (secondary N) is 1. The molecule has 0 fully saturated rings. The van der Waals surface area contributed by atoms with Crippen LogP contribution in [0.15, 0.2) is 69.7 Å². The fourth-order valence-corrected chi connectivity index (χ4v) is 5.93. The first-order chi connectivity index (χ1) is 17.0.